The fourth-order valence-corrected chi connectivity index (χ4v) is 2.91. The van der Waals surface area contributed by atoms with Crippen LogP contribution in [0, 0.1) is 0 Å². The summed E-state index contributed by atoms with van der Waals surface area (Å²) in [6.45, 7) is 0. The van der Waals surface area contributed by atoms with Gasteiger partial charge in [0.2, 0.25) is 0 Å². The van der Waals surface area contributed by atoms with E-state index in [0.717, 1.165) is 22.4 Å². The van der Waals surface area contributed by atoms with Gasteiger partial charge in [-0.25, -0.2) is 4.90 Å². The SMILES string of the molecule is Cn1cccc1/C=C1\SC(=O)N(c2cccc(O)c2)C1=O. The number of anilines is 1. The van der Waals surface area contributed by atoms with E-state index in [0.29, 0.717) is 10.6 Å². The van der Waals surface area contributed by atoms with Gasteiger partial charge in [-0.1, -0.05) is 6.07 Å². The molecule has 1 aliphatic heterocycles. The molecule has 106 valence electrons. The van der Waals surface area contributed by atoms with Crippen LogP contribution in [0.4, 0.5) is 10.5 Å². The Labute approximate surface area is 125 Å². The zero-order valence-electron chi connectivity index (χ0n) is 11.2. The third-order valence-electron chi connectivity index (χ3n) is 3.14. The molecule has 0 saturated carbocycles. The Morgan fingerprint density at radius 1 is 1.19 bits per heavy atom. The molecule has 2 amide bonds. The monoisotopic (exact) mass is 300 g/mol. The lowest BCUT2D eigenvalue weighted by atomic mass is 10.2. The summed E-state index contributed by atoms with van der Waals surface area (Å²) in [6, 6.07) is 9.81. The number of aryl methyl sites for hydroxylation is 1. The minimum absolute atomic E-state index is 0.0120. The number of hydrogen-bond acceptors (Lipinski definition) is 4. The van der Waals surface area contributed by atoms with Crippen LogP contribution in [-0.4, -0.2) is 20.8 Å². The van der Waals surface area contributed by atoms with Crippen LogP contribution in [0.25, 0.3) is 6.08 Å². The zero-order chi connectivity index (χ0) is 15.0. The maximum atomic E-state index is 12.4. The van der Waals surface area contributed by atoms with Gasteiger partial charge in [-0.15, -0.1) is 0 Å². The maximum absolute atomic E-state index is 12.4. The van der Waals surface area contributed by atoms with Crippen molar-refractivity contribution in [1.82, 2.24) is 4.57 Å². The molecule has 3 rings (SSSR count). The van der Waals surface area contributed by atoms with E-state index in [1.807, 2.05) is 29.9 Å². The van der Waals surface area contributed by atoms with Gasteiger partial charge in [0, 0.05) is 25.0 Å². The van der Waals surface area contributed by atoms with Crippen molar-refractivity contribution in [3.8, 4) is 5.75 Å². The predicted octanol–water partition coefficient (Wildman–Crippen LogP) is 2.97. The second kappa shape index (κ2) is 5.14. The lowest BCUT2D eigenvalue weighted by Gasteiger charge is -2.12. The number of aromatic nitrogens is 1. The maximum Gasteiger partial charge on any atom is 0.298 e. The first-order valence-corrected chi connectivity index (χ1v) is 7.06. The summed E-state index contributed by atoms with van der Waals surface area (Å²) >= 11 is 0.893. The topological polar surface area (TPSA) is 62.5 Å². The quantitative estimate of drug-likeness (QED) is 0.866. The fraction of sp³-hybridized carbons (Fsp3) is 0.0667. The number of nitrogens with zero attached hydrogens (tertiary/aromatic N) is 2. The lowest BCUT2D eigenvalue weighted by molar-refractivity contribution is -0.113. The third-order valence-corrected chi connectivity index (χ3v) is 4.01. The summed E-state index contributed by atoms with van der Waals surface area (Å²) in [7, 11) is 1.87. The molecule has 1 saturated heterocycles. The second-order valence-corrected chi connectivity index (χ2v) is 5.57. The molecule has 21 heavy (non-hydrogen) atoms. The van der Waals surface area contributed by atoms with E-state index in [1.165, 1.54) is 12.1 Å². The smallest absolute Gasteiger partial charge is 0.298 e. The van der Waals surface area contributed by atoms with E-state index in [2.05, 4.69) is 0 Å². The van der Waals surface area contributed by atoms with E-state index in [-0.39, 0.29) is 16.9 Å². The van der Waals surface area contributed by atoms with Crippen molar-refractivity contribution in [2.75, 3.05) is 4.90 Å². The molecule has 1 aromatic carbocycles. The summed E-state index contributed by atoms with van der Waals surface area (Å²) in [4.78, 5) is 25.9. The van der Waals surface area contributed by atoms with Crippen molar-refractivity contribution >= 4 is 34.7 Å². The summed E-state index contributed by atoms with van der Waals surface area (Å²) in [5.41, 5.74) is 1.21. The van der Waals surface area contributed by atoms with Crippen molar-refractivity contribution in [2.45, 2.75) is 0 Å². The van der Waals surface area contributed by atoms with Crippen LogP contribution in [0.2, 0.25) is 0 Å². The molecular formula is C15H12N2O3S. The molecule has 0 aliphatic carbocycles. The molecule has 0 spiro atoms. The number of amides is 2. The van der Waals surface area contributed by atoms with Crippen molar-refractivity contribution in [1.29, 1.82) is 0 Å². The van der Waals surface area contributed by atoms with Gasteiger partial charge in [0.1, 0.15) is 5.75 Å². The van der Waals surface area contributed by atoms with Crippen molar-refractivity contribution in [3.05, 3.63) is 53.2 Å². The number of imide groups is 1. The Hall–Kier alpha value is -2.47. The predicted molar refractivity (Wildman–Crippen MR) is 82.0 cm³/mol. The number of benzene rings is 1. The Morgan fingerprint density at radius 2 is 2.00 bits per heavy atom. The standard InChI is InChI=1S/C15H12N2O3S/c1-16-7-3-5-10(16)9-13-14(19)17(15(20)21-13)11-4-2-6-12(18)8-11/h2-9,18H,1H3/b13-9-. The summed E-state index contributed by atoms with van der Waals surface area (Å²) in [5.74, 6) is -0.366. The first-order chi connectivity index (χ1) is 10.1. The van der Waals surface area contributed by atoms with Crippen molar-refractivity contribution in [3.63, 3.8) is 0 Å². The third kappa shape index (κ3) is 2.45. The highest BCUT2D eigenvalue weighted by Gasteiger charge is 2.36. The van der Waals surface area contributed by atoms with Gasteiger partial charge in [0.05, 0.1) is 10.6 Å². The van der Waals surface area contributed by atoms with Gasteiger partial charge in [-0.2, -0.15) is 0 Å². The van der Waals surface area contributed by atoms with Gasteiger partial charge in [-0.05, 0) is 42.1 Å². The van der Waals surface area contributed by atoms with Crippen LogP contribution in [0.1, 0.15) is 5.69 Å². The molecule has 1 fully saturated rings. The molecular weight excluding hydrogens is 288 g/mol. The Bertz CT molecular complexity index is 764. The van der Waals surface area contributed by atoms with E-state index >= 15 is 0 Å². The minimum Gasteiger partial charge on any atom is -0.508 e. The highest BCUT2D eigenvalue weighted by Crippen LogP contribution is 2.36. The average molecular weight is 300 g/mol. The van der Waals surface area contributed by atoms with Crippen LogP contribution in [0.15, 0.2) is 47.5 Å². The average Bonchev–Trinajstić information content (AvgIpc) is 2.95. The number of phenols is 1. The molecule has 5 nitrogen and oxygen atoms in total. The van der Waals surface area contributed by atoms with Gasteiger partial charge in [0.25, 0.3) is 11.1 Å². The number of rotatable bonds is 2. The number of carbonyl (C=O) groups is 2. The summed E-state index contributed by atoms with van der Waals surface area (Å²) in [5, 5.41) is 9.11. The molecule has 0 atom stereocenters. The van der Waals surface area contributed by atoms with E-state index in [9.17, 15) is 14.7 Å². The normalized spacial score (nSPS) is 17.0. The van der Waals surface area contributed by atoms with Crippen molar-refractivity contribution < 1.29 is 14.7 Å². The fourth-order valence-electron chi connectivity index (χ4n) is 2.08. The van der Waals surface area contributed by atoms with Crippen LogP contribution >= 0.6 is 11.8 Å². The van der Waals surface area contributed by atoms with Crippen molar-refractivity contribution in [2.24, 2.45) is 7.05 Å². The van der Waals surface area contributed by atoms with E-state index in [1.54, 1.807) is 18.2 Å². The van der Waals surface area contributed by atoms with Crippen LogP contribution in [0.5, 0.6) is 5.75 Å². The van der Waals surface area contributed by atoms with Crippen LogP contribution in [-0.2, 0) is 11.8 Å². The highest BCUT2D eigenvalue weighted by atomic mass is 32.2. The Balaban J connectivity index is 1.96. The molecule has 1 aromatic heterocycles. The van der Waals surface area contributed by atoms with E-state index in [4.69, 9.17) is 0 Å². The number of phenolic OH excluding ortho intramolecular Hbond substituents is 1. The van der Waals surface area contributed by atoms with Gasteiger partial charge in [0.15, 0.2) is 0 Å². The molecule has 1 aliphatic rings. The number of thioether (sulfide) groups is 1. The Kier molecular flexibility index (Phi) is 3.31. The lowest BCUT2D eigenvalue weighted by Crippen LogP contribution is -2.27. The molecule has 2 heterocycles. The first kappa shape index (κ1) is 13.5. The number of carbonyl (C=O) groups excluding carboxylic acids is 2. The molecule has 6 heteroatoms. The van der Waals surface area contributed by atoms with Crippen LogP contribution in [0.3, 0.4) is 0 Å². The number of aromatic hydroxyl groups is 1. The van der Waals surface area contributed by atoms with E-state index < -0.39 is 0 Å². The minimum atomic E-state index is -0.378. The number of hydrogen-bond donors (Lipinski definition) is 1. The largest absolute Gasteiger partial charge is 0.508 e. The molecule has 0 bridgehead atoms. The Morgan fingerprint density at radius 3 is 2.67 bits per heavy atom. The second-order valence-electron chi connectivity index (χ2n) is 4.58. The van der Waals surface area contributed by atoms with Crippen LogP contribution < -0.4 is 4.90 Å². The van der Waals surface area contributed by atoms with Gasteiger partial charge < -0.3 is 9.67 Å². The summed E-state index contributed by atoms with van der Waals surface area (Å²) in [6.07, 6.45) is 3.55. The highest BCUT2D eigenvalue weighted by molar-refractivity contribution is 8.19. The molecule has 0 radical (unpaired) electrons. The van der Waals surface area contributed by atoms with Gasteiger partial charge in [-0.3, -0.25) is 9.59 Å². The molecule has 2 aromatic rings. The molecule has 0 unspecified atom stereocenters. The zero-order valence-corrected chi connectivity index (χ0v) is 12.0. The van der Waals surface area contributed by atoms with Gasteiger partial charge >= 0.3 is 0 Å². The molecule has 1 N–H and O–H groups in total. The summed E-state index contributed by atoms with van der Waals surface area (Å²) < 4.78 is 1.86. The first-order valence-electron chi connectivity index (χ1n) is 6.24.